The van der Waals surface area contributed by atoms with E-state index in [0.29, 0.717) is 24.1 Å². The lowest BCUT2D eigenvalue weighted by atomic mass is 9.89. The SMILES string of the molecule is CC(C)c1cc(C(=O)N2C[C@@H](CN3CCCC3)C[C@H](CO)C2)n(C)n1. The highest BCUT2D eigenvalue weighted by molar-refractivity contribution is 5.92. The summed E-state index contributed by atoms with van der Waals surface area (Å²) in [5, 5.41) is 14.2. The van der Waals surface area contributed by atoms with Crippen LogP contribution in [-0.2, 0) is 7.05 Å². The number of piperidine rings is 1. The first-order chi connectivity index (χ1) is 12.0. The Balaban J connectivity index is 1.71. The summed E-state index contributed by atoms with van der Waals surface area (Å²) in [5.41, 5.74) is 1.61. The summed E-state index contributed by atoms with van der Waals surface area (Å²) < 4.78 is 1.70. The Morgan fingerprint density at radius 3 is 2.56 bits per heavy atom. The van der Waals surface area contributed by atoms with Gasteiger partial charge >= 0.3 is 0 Å². The van der Waals surface area contributed by atoms with Crippen molar-refractivity contribution >= 4 is 5.91 Å². The zero-order chi connectivity index (χ0) is 18.0. The third-order valence-electron chi connectivity index (χ3n) is 5.59. The van der Waals surface area contributed by atoms with E-state index in [1.807, 2.05) is 18.0 Å². The van der Waals surface area contributed by atoms with Gasteiger partial charge in [-0.25, -0.2) is 0 Å². The molecule has 2 fully saturated rings. The molecule has 25 heavy (non-hydrogen) atoms. The van der Waals surface area contributed by atoms with Crippen molar-refractivity contribution in [1.82, 2.24) is 19.6 Å². The summed E-state index contributed by atoms with van der Waals surface area (Å²) in [4.78, 5) is 17.5. The molecule has 2 aliphatic heterocycles. The van der Waals surface area contributed by atoms with E-state index in [1.165, 1.54) is 25.9 Å². The van der Waals surface area contributed by atoms with Crippen molar-refractivity contribution in [2.24, 2.45) is 18.9 Å². The third-order valence-corrected chi connectivity index (χ3v) is 5.59. The van der Waals surface area contributed by atoms with E-state index in [2.05, 4.69) is 23.8 Å². The van der Waals surface area contributed by atoms with E-state index in [4.69, 9.17) is 0 Å². The molecule has 3 heterocycles. The quantitative estimate of drug-likeness (QED) is 0.880. The number of amides is 1. The predicted octanol–water partition coefficient (Wildman–Crippen LogP) is 1.71. The molecule has 1 aromatic rings. The highest BCUT2D eigenvalue weighted by Crippen LogP contribution is 2.26. The summed E-state index contributed by atoms with van der Waals surface area (Å²) in [6, 6.07) is 1.92. The van der Waals surface area contributed by atoms with Gasteiger partial charge in [-0.3, -0.25) is 9.48 Å². The number of rotatable bonds is 5. The summed E-state index contributed by atoms with van der Waals surface area (Å²) in [6.45, 7) is 9.16. The van der Waals surface area contributed by atoms with Gasteiger partial charge in [0, 0.05) is 33.3 Å². The Morgan fingerprint density at radius 1 is 1.28 bits per heavy atom. The van der Waals surface area contributed by atoms with Crippen LogP contribution in [0.2, 0.25) is 0 Å². The molecule has 2 atom stereocenters. The molecule has 2 saturated heterocycles. The van der Waals surface area contributed by atoms with Crippen LogP contribution in [0.4, 0.5) is 0 Å². The normalized spacial score (nSPS) is 25.1. The van der Waals surface area contributed by atoms with Crippen LogP contribution >= 0.6 is 0 Å². The first-order valence-electron chi connectivity index (χ1n) is 9.64. The molecule has 0 aromatic carbocycles. The van der Waals surface area contributed by atoms with Crippen LogP contribution in [0.15, 0.2) is 6.07 Å². The molecule has 3 rings (SSSR count). The van der Waals surface area contributed by atoms with Crippen molar-refractivity contribution in [2.45, 2.75) is 39.0 Å². The van der Waals surface area contributed by atoms with Gasteiger partial charge in [-0.2, -0.15) is 5.10 Å². The van der Waals surface area contributed by atoms with Gasteiger partial charge in [-0.05, 0) is 56.2 Å². The van der Waals surface area contributed by atoms with Crippen LogP contribution in [0, 0.1) is 11.8 Å². The van der Waals surface area contributed by atoms with Gasteiger partial charge in [0.15, 0.2) is 0 Å². The molecule has 0 unspecified atom stereocenters. The fraction of sp³-hybridized carbons (Fsp3) is 0.789. The zero-order valence-corrected chi connectivity index (χ0v) is 15.8. The van der Waals surface area contributed by atoms with Crippen molar-refractivity contribution in [3.63, 3.8) is 0 Å². The predicted molar refractivity (Wildman–Crippen MR) is 97.6 cm³/mol. The summed E-state index contributed by atoms with van der Waals surface area (Å²) >= 11 is 0. The molecule has 0 radical (unpaired) electrons. The van der Waals surface area contributed by atoms with Crippen molar-refractivity contribution in [2.75, 3.05) is 39.3 Å². The number of aromatic nitrogens is 2. The van der Waals surface area contributed by atoms with Gasteiger partial charge in [-0.15, -0.1) is 0 Å². The number of likely N-dealkylation sites (tertiary alicyclic amines) is 2. The topological polar surface area (TPSA) is 61.6 Å². The van der Waals surface area contributed by atoms with E-state index < -0.39 is 0 Å². The van der Waals surface area contributed by atoms with Crippen LogP contribution in [0.3, 0.4) is 0 Å². The van der Waals surface area contributed by atoms with Gasteiger partial charge in [0.25, 0.3) is 5.91 Å². The average molecular weight is 348 g/mol. The van der Waals surface area contributed by atoms with E-state index in [9.17, 15) is 9.90 Å². The van der Waals surface area contributed by atoms with Crippen molar-refractivity contribution in [3.8, 4) is 0 Å². The molecule has 1 amide bonds. The molecule has 140 valence electrons. The molecule has 0 saturated carbocycles. The zero-order valence-electron chi connectivity index (χ0n) is 15.8. The van der Waals surface area contributed by atoms with Crippen LogP contribution < -0.4 is 0 Å². The number of aliphatic hydroxyl groups is 1. The van der Waals surface area contributed by atoms with Gasteiger partial charge < -0.3 is 14.9 Å². The van der Waals surface area contributed by atoms with Crippen LogP contribution in [-0.4, -0.2) is 69.9 Å². The first kappa shape index (κ1) is 18.4. The average Bonchev–Trinajstić information content (AvgIpc) is 3.23. The summed E-state index contributed by atoms with van der Waals surface area (Å²) in [7, 11) is 1.84. The molecule has 6 nitrogen and oxygen atoms in total. The van der Waals surface area contributed by atoms with Crippen molar-refractivity contribution in [3.05, 3.63) is 17.5 Å². The second-order valence-corrected chi connectivity index (χ2v) is 8.10. The number of aryl methyl sites for hydroxylation is 1. The highest BCUT2D eigenvalue weighted by atomic mass is 16.3. The Bertz CT molecular complexity index is 592. The highest BCUT2D eigenvalue weighted by Gasteiger charge is 2.32. The molecule has 6 heteroatoms. The second-order valence-electron chi connectivity index (χ2n) is 8.10. The number of hydrogen-bond acceptors (Lipinski definition) is 4. The maximum Gasteiger partial charge on any atom is 0.272 e. The minimum atomic E-state index is 0.0477. The van der Waals surface area contributed by atoms with Gasteiger partial charge in [0.2, 0.25) is 0 Å². The largest absolute Gasteiger partial charge is 0.396 e. The maximum absolute atomic E-state index is 13.1. The number of carbonyl (C=O) groups is 1. The Morgan fingerprint density at radius 2 is 1.96 bits per heavy atom. The molecule has 1 N–H and O–H groups in total. The fourth-order valence-electron chi connectivity index (χ4n) is 4.21. The van der Waals surface area contributed by atoms with Crippen molar-refractivity contribution < 1.29 is 9.90 Å². The third kappa shape index (κ3) is 4.23. The first-order valence-corrected chi connectivity index (χ1v) is 9.64. The Hall–Kier alpha value is -1.40. The Labute approximate surface area is 150 Å². The molecular formula is C19H32N4O2. The number of nitrogens with zero attached hydrogens (tertiary/aromatic N) is 4. The molecular weight excluding hydrogens is 316 g/mol. The smallest absolute Gasteiger partial charge is 0.272 e. The number of aliphatic hydroxyl groups excluding tert-OH is 1. The minimum Gasteiger partial charge on any atom is -0.396 e. The lowest BCUT2D eigenvalue weighted by molar-refractivity contribution is 0.0456. The fourth-order valence-corrected chi connectivity index (χ4v) is 4.21. The summed E-state index contributed by atoms with van der Waals surface area (Å²) in [5.74, 6) is 0.988. The molecule has 0 aliphatic carbocycles. The van der Waals surface area contributed by atoms with E-state index in [0.717, 1.165) is 25.2 Å². The maximum atomic E-state index is 13.1. The van der Waals surface area contributed by atoms with E-state index >= 15 is 0 Å². The van der Waals surface area contributed by atoms with Gasteiger partial charge in [-0.1, -0.05) is 13.8 Å². The van der Waals surface area contributed by atoms with Gasteiger partial charge in [0.05, 0.1) is 5.69 Å². The number of carbonyl (C=O) groups excluding carboxylic acids is 1. The molecule has 2 aliphatic rings. The minimum absolute atomic E-state index is 0.0477. The number of hydrogen-bond donors (Lipinski definition) is 1. The van der Waals surface area contributed by atoms with E-state index in [1.54, 1.807) is 4.68 Å². The van der Waals surface area contributed by atoms with Gasteiger partial charge in [0.1, 0.15) is 5.69 Å². The van der Waals surface area contributed by atoms with Crippen molar-refractivity contribution in [1.29, 1.82) is 0 Å². The van der Waals surface area contributed by atoms with Crippen LogP contribution in [0.25, 0.3) is 0 Å². The summed E-state index contributed by atoms with van der Waals surface area (Å²) in [6.07, 6.45) is 3.58. The molecule has 0 spiro atoms. The molecule has 1 aromatic heterocycles. The lowest BCUT2D eigenvalue weighted by Gasteiger charge is -2.38. The van der Waals surface area contributed by atoms with Crippen LogP contribution in [0.1, 0.15) is 55.2 Å². The monoisotopic (exact) mass is 348 g/mol. The second kappa shape index (κ2) is 7.87. The molecule has 0 bridgehead atoms. The lowest BCUT2D eigenvalue weighted by Crippen LogP contribution is -2.48. The van der Waals surface area contributed by atoms with E-state index in [-0.39, 0.29) is 18.4 Å². The Kier molecular flexibility index (Phi) is 5.79. The standard InChI is InChI=1S/C19H32N4O2/c1-14(2)17-9-18(21(3)20-17)19(25)23-11-15(8-16(12-23)13-24)10-22-6-4-5-7-22/h9,14-16,24H,4-8,10-13H2,1-3H3/t15-,16+/m1/s1. The van der Waals surface area contributed by atoms with Crippen LogP contribution in [0.5, 0.6) is 0 Å².